The molecule has 0 amide bonds. The molecule has 3 aliphatic heterocycles. The molecule has 7 heteroatoms. The van der Waals surface area contributed by atoms with Crippen LogP contribution in [-0.4, -0.2) is 13.4 Å². The van der Waals surface area contributed by atoms with E-state index in [-0.39, 0.29) is 25.3 Å². The number of rotatable bonds is 13. The van der Waals surface area contributed by atoms with Crippen LogP contribution in [0.2, 0.25) is 0 Å². The van der Waals surface area contributed by atoms with Crippen LogP contribution in [0.15, 0.2) is 291 Å². The van der Waals surface area contributed by atoms with Crippen molar-refractivity contribution < 1.29 is 0 Å². The van der Waals surface area contributed by atoms with Gasteiger partial charge in [0.25, 0.3) is 6.71 Å². The Hall–Kier alpha value is -10.2. The van der Waals surface area contributed by atoms with Crippen LogP contribution in [-0.2, 0) is 0 Å². The van der Waals surface area contributed by atoms with Gasteiger partial charge in [0.15, 0.2) is 0 Å². The van der Waals surface area contributed by atoms with Crippen LogP contribution >= 0.6 is 0 Å². The second-order valence-corrected chi connectivity index (χ2v) is 24.6. The monoisotopic (exact) mass is 1130 g/mol. The molecule has 15 rings (SSSR count). The van der Waals surface area contributed by atoms with Gasteiger partial charge in [-0.25, -0.2) is 0 Å². The Morgan fingerprint density at radius 3 is 1.01 bits per heavy atom. The van der Waals surface area contributed by atoms with Crippen molar-refractivity contribution in [2.45, 2.75) is 59.3 Å². The summed E-state index contributed by atoms with van der Waals surface area (Å²) in [6, 6.07) is 108. The van der Waals surface area contributed by atoms with Gasteiger partial charge in [-0.2, -0.15) is 0 Å². The summed E-state index contributed by atoms with van der Waals surface area (Å²) in [5.74, 6) is 0.950. The number of fused-ring (bicyclic) bond motifs is 6. The fraction of sp³-hybridized carbons (Fsp3) is 0.111. The highest BCUT2D eigenvalue weighted by molar-refractivity contribution is 7.02. The van der Waals surface area contributed by atoms with Crippen LogP contribution in [0.5, 0.6) is 0 Å². The van der Waals surface area contributed by atoms with Gasteiger partial charge in [0.2, 0.25) is 6.71 Å². The van der Waals surface area contributed by atoms with Crippen LogP contribution in [0.1, 0.15) is 76.0 Å². The van der Waals surface area contributed by atoms with Crippen LogP contribution in [0, 0.1) is 0 Å². The zero-order chi connectivity index (χ0) is 59.6. The molecule has 0 radical (unpaired) electrons. The van der Waals surface area contributed by atoms with Crippen molar-refractivity contribution in [3.63, 3.8) is 0 Å². The van der Waals surface area contributed by atoms with E-state index in [4.69, 9.17) is 0 Å². The molecule has 0 bridgehead atoms. The minimum Gasteiger partial charge on any atom is -0.311 e. The second kappa shape index (κ2) is 22.6. The van der Waals surface area contributed by atoms with E-state index < -0.39 is 0 Å². The molecule has 3 aliphatic rings. The first-order valence-corrected chi connectivity index (χ1v) is 31.3. The maximum Gasteiger partial charge on any atom is 0.252 e. The first kappa shape index (κ1) is 54.4. The lowest BCUT2D eigenvalue weighted by Gasteiger charge is -2.46. The Bertz CT molecular complexity index is 4400. The van der Waals surface area contributed by atoms with E-state index in [1.165, 1.54) is 60.8 Å². The zero-order valence-electron chi connectivity index (χ0n) is 50.8. The number of para-hydroxylation sites is 8. The number of hydrogen-bond donors (Lipinski definition) is 0. The molecule has 0 atom stereocenters. The molecule has 0 N–H and O–H groups in total. The zero-order valence-corrected chi connectivity index (χ0v) is 50.8. The van der Waals surface area contributed by atoms with E-state index >= 15 is 0 Å². The highest BCUT2D eigenvalue weighted by Crippen LogP contribution is 2.51. The van der Waals surface area contributed by atoms with Crippen molar-refractivity contribution in [3.8, 4) is 0 Å². The van der Waals surface area contributed by atoms with E-state index in [0.29, 0.717) is 5.92 Å². The van der Waals surface area contributed by atoms with Gasteiger partial charge in [-0.05, 0) is 183 Å². The van der Waals surface area contributed by atoms with Gasteiger partial charge in [-0.1, -0.05) is 217 Å². The molecular formula is C81H69B2N5. The summed E-state index contributed by atoms with van der Waals surface area (Å²) in [5, 5.41) is 0. The fourth-order valence-corrected chi connectivity index (χ4v) is 14.4. The number of benzene rings is 12. The SMILES string of the molecule is CC(C)c1cc(C(C)C)c(B2c3ccccc3N(c3ccccc3)c3cc4c(cc32)B2c3ccc(N(c5ccccc5)c5ccccc5)cc3N(c3ccccc3)c3cc(N(c5ccccc5)c5ccccc5)cc(c32)N4c2ccccc2)c(C(C)C)c1. The maximum atomic E-state index is 2.67. The van der Waals surface area contributed by atoms with Crippen molar-refractivity contribution in [1.82, 2.24) is 0 Å². The Morgan fingerprint density at radius 2 is 0.591 bits per heavy atom. The van der Waals surface area contributed by atoms with Crippen molar-refractivity contribution >= 4 is 132 Å². The summed E-state index contributed by atoms with van der Waals surface area (Å²) < 4.78 is 0. The van der Waals surface area contributed by atoms with Crippen molar-refractivity contribution in [1.29, 1.82) is 0 Å². The standard InChI is InChI=1S/C81H69B2N5/c1-55(2)58-48-68(56(3)4)80(69(49-58)57(5)6)82-70-44-28-29-45-74(70)86(63-38-22-11-23-39-63)76-54-77-73(53-72(76)82)83-71-47-46-66(84(59-30-14-7-15-31-59)60-32-16-8-17-33-60)50-75(71)87(64-40-24-12-25-41-64)78-51-67(52-79(81(78)83)88(77)65-42-26-13-27-43-65)85(61-34-18-9-19-35-61)62-36-20-10-21-37-62/h7-57H,1-6H3. The quantitative estimate of drug-likeness (QED) is 0.107. The Morgan fingerprint density at radius 1 is 0.250 bits per heavy atom. The molecule has 5 nitrogen and oxygen atoms in total. The third-order valence-corrected chi connectivity index (χ3v) is 18.3. The molecule has 0 fully saturated rings. The van der Waals surface area contributed by atoms with Gasteiger partial charge in [0.05, 0.1) is 5.69 Å². The molecule has 0 aliphatic carbocycles. The van der Waals surface area contributed by atoms with E-state index in [9.17, 15) is 0 Å². The molecular weight excluding hydrogens is 1060 g/mol. The van der Waals surface area contributed by atoms with Crippen LogP contribution in [0.3, 0.4) is 0 Å². The number of nitrogens with zero attached hydrogens (tertiary/aromatic N) is 5. The molecule has 0 unspecified atom stereocenters. The summed E-state index contributed by atoms with van der Waals surface area (Å²) in [6.07, 6.45) is 0. The smallest absolute Gasteiger partial charge is 0.252 e. The van der Waals surface area contributed by atoms with Gasteiger partial charge in [-0.15, -0.1) is 0 Å². The molecule has 88 heavy (non-hydrogen) atoms. The first-order valence-electron chi connectivity index (χ1n) is 31.3. The lowest BCUT2D eigenvalue weighted by atomic mass is 9.30. The van der Waals surface area contributed by atoms with E-state index in [1.54, 1.807) is 0 Å². The van der Waals surface area contributed by atoms with Gasteiger partial charge < -0.3 is 24.5 Å². The average molecular weight is 1130 g/mol. The fourth-order valence-electron chi connectivity index (χ4n) is 14.4. The lowest BCUT2D eigenvalue weighted by molar-refractivity contribution is 0.812. The highest BCUT2D eigenvalue weighted by Gasteiger charge is 2.47. The van der Waals surface area contributed by atoms with Gasteiger partial charge in [0.1, 0.15) is 0 Å². The largest absolute Gasteiger partial charge is 0.311 e. The maximum absolute atomic E-state index is 2.67. The van der Waals surface area contributed by atoms with Crippen molar-refractivity contribution in [2.75, 3.05) is 24.5 Å². The molecule has 0 spiro atoms. The predicted octanol–water partition coefficient (Wildman–Crippen LogP) is 18.4. The van der Waals surface area contributed by atoms with Crippen LogP contribution in [0.25, 0.3) is 0 Å². The average Bonchev–Trinajstić information content (AvgIpc) is 0.706. The Balaban J connectivity index is 1.10. The molecule has 0 saturated heterocycles. The predicted molar refractivity (Wildman–Crippen MR) is 378 cm³/mol. The first-order chi connectivity index (χ1) is 43.2. The molecule has 12 aromatic rings. The molecule has 424 valence electrons. The van der Waals surface area contributed by atoms with Crippen molar-refractivity contribution in [2.24, 2.45) is 0 Å². The Labute approximate surface area is 520 Å². The van der Waals surface area contributed by atoms with Gasteiger partial charge in [0, 0.05) is 79.6 Å². The highest BCUT2D eigenvalue weighted by atomic mass is 15.2. The molecule has 0 aromatic heterocycles. The second-order valence-electron chi connectivity index (χ2n) is 24.6. The summed E-state index contributed by atoms with van der Waals surface area (Å²) >= 11 is 0. The minimum absolute atomic E-state index is 0.0808. The summed E-state index contributed by atoms with van der Waals surface area (Å²) in [6.45, 7) is 14.0. The van der Waals surface area contributed by atoms with Gasteiger partial charge in [-0.3, -0.25) is 0 Å². The summed E-state index contributed by atoms with van der Waals surface area (Å²) in [7, 11) is 0. The van der Waals surface area contributed by atoms with Gasteiger partial charge >= 0.3 is 0 Å². The summed E-state index contributed by atoms with van der Waals surface area (Å²) in [4.78, 5) is 12.5. The molecule has 3 heterocycles. The van der Waals surface area contributed by atoms with Crippen molar-refractivity contribution in [3.05, 3.63) is 308 Å². The molecule has 0 saturated carbocycles. The van der Waals surface area contributed by atoms with E-state index in [2.05, 4.69) is 357 Å². The topological polar surface area (TPSA) is 16.2 Å². The van der Waals surface area contributed by atoms with E-state index in [1.807, 2.05) is 0 Å². The number of anilines is 15. The third-order valence-electron chi connectivity index (χ3n) is 18.3. The lowest BCUT2D eigenvalue weighted by Crippen LogP contribution is -2.64. The summed E-state index contributed by atoms with van der Waals surface area (Å²) in [5.41, 5.74) is 28.7. The third kappa shape index (κ3) is 9.27. The molecule has 12 aromatic carbocycles. The Kier molecular flexibility index (Phi) is 14.0. The van der Waals surface area contributed by atoms with Crippen LogP contribution < -0.4 is 57.3 Å². The van der Waals surface area contributed by atoms with E-state index in [0.717, 1.165) is 73.9 Å². The normalized spacial score (nSPS) is 12.9. The minimum atomic E-state index is -0.201. The van der Waals surface area contributed by atoms with Crippen LogP contribution in [0.4, 0.5) is 85.3 Å². The number of hydrogen-bond acceptors (Lipinski definition) is 5.